The van der Waals surface area contributed by atoms with Crippen molar-refractivity contribution in [2.45, 2.75) is 51.6 Å². The van der Waals surface area contributed by atoms with E-state index in [0.29, 0.717) is 13.0 Å². The van der Waals surface area contributed by atoms with Crippen LogP contribution in [0, 0.1) is 0 Å². The Labute approximate surface area is 175 Å². The Bertz CT molecular complexity index is 835. The van der Waals surface area contributed by atoms with Crippen molar-refractivity contribution >= 4 is 27.7 Å². The van der Waals surface area contributed by atoms with E-state index in [0.717, 1.165) is 29.3 Å². The van der Waals surface area contributed by atoms with Crippen LogP contribution in [0.4, 0.5) is 0 Å². The van der Waals surface area contributed by atoms with E-state index in [4.69, 9.17) is 0 Å². The number of nitrogens with one attached hydrogen (secondary N) is 1. The van der Waals surface area contributed by atoms with Crippen LogP contribution in [-0.4, -0.2) is 29.3 Å². The number of hydrogen-bond acceptors (Lipinski definition) is 2. The van der Waals surface area contributed by atoms with Crippen LogP contribution in [0.1, 0.15) is 49.4 Å². The lowest BCUT2D eigenvalue weighted by molar-refractivity contribution is -0.133. The SMILES string of the molecule is CC(=O)N1CCc2ccccc2C1CC(=O)NC(C)CCc1ccc(Br)cc1. The average Bonchev–Trinajstić information content (AvgIpc) is 2.67. The quantitative estimate of drug-likeness (QED) is 0.719. The second-order valence-electron chi connectivity index (χ2n) is 7.51. The van der Waals surface area contributed by atoms with Crippen molar-refractivity contribution < 1.29 is 9.59 Å². The summed E-state index contributed by atoms with van der Waals surface area (Å²) in [5.41, 5.74) is 3.59. The number of hydrogen-bond donors (Lipinski definition) is 1. The predicted molar refractivity (Wildman–Crippen MR) is 115 cm³/mol. The molecule has 5 heteroatoms. The maximum Gasteiger partial charge on any atom is 0.222 e. The molecule has 0 spiro atoms. The Morgan fingerprint density at radius 1 is 1.18 bits per heavy atom. The molecule has 148 valence electrons. The molecule has 3 rings (SSSR count). The summed E-state index contributed by atoms with van der Waals surface area (Å²) in [6.07, 6.45) is 2.95. The van der Waals surface area contributed by atoms with E-state index < -0.39 is 0 Å². The summed E-state index contributed by atoms with van der Waals surface area (Å²) in [5, 5.41) is 3.11. The molecule has 2 aromatic carbocycles. The van der Waals surface area contributed by atoms with E-state index in [9.17, 15) is 9.59 Å². The molecule has 2 atom stereocenters. The molecule has 1 heterocycles. The third kappa shape index (κ3) is 5.22. The Balaban J connectivity index is 1.59. The summed E-state index contributed by atoms with van der Waals surface area (Å²) < 4.78 is 1.07. The highest BCUT2D eigenvalue weighted by atomic mass is 79.9. The first kappa shape index (κ1) is 20.6. The zero-order chi connectivity index (χ0) is 20.1. The van der Waals surface area contributed by atoms with Gasteiger partial charge in [0.25, 0.3) is 0 Å². The van der Waals surface area contributed by atoms with Crippen molar-refractivity contribution in [1.29, 1.82) is 0 Å². The minimum absolute atomic E-state index is 0.00346. The van der Waals surface area contributed by atoms with Gasteiger partial charge in [-0.25, -0.2) is 0 Å². The van der Waals surface area contributed by atoms with Crippen LogP contribution in [0.5, 0.6) is 0 Å². The zero-order valence-electron chi connectivity index (χ0n) is 16.5. The van der Waals surface area contributed by atoms with Gasteiger partial charge in [0.15, 0.2) is 0 Å². The molecule has 1 aliphatic heterocycles. The van der Waals surface area contributed by atoms with Gasteiger partial charge in [0.2, 0.25) is 11.8 Å². The van der Waals surface area contributed by atoms with Gasteiger partial charge in [-0.1, -0.05) is 52.3 Å². The van der Waals surface area contributed by atoms with Gasteiger partial charge in [-0.05, 0) is 55.0 Å². The number of nitrogens with zero attached hydrogens (tertiary/aromatic N) is 1. The summed E-state index contributed by atoms with van der Waals surface area (Å²) in [5.74, 6) is 0.0202. The third-order valence-electron chi connectivity index (χ3n) is 5.38. The van der Waals surface area contributed by atoms with E-state index in [1.165, 1.54) is 11.1 Å². The van der Waals surface area contributed by atoms with Crippen LogP contribution in [0.15, 0.2) is 53.0 Å². The largest absolute Gasteiger partial charge is 0.354 e. The number of carbonyl (C=O) groups excluding carboxylic acids is 2. The Kier molecular flexibility index (Phi) is 6.89. The van der Waals surface area contributed by atoms with Crippen LogP contribution >= 0.6 is 15.9 Å². The van der Waals surface area contributed by atoms with Crippen molar-refractivity contribution in [3.05, 3.63) is 69.7 Å². The van der Waals surface area contributed by atoms with Gasteiger partial charge in [-0.15, -0.1) is 0 Å². The van der Waals surface area contributed by atoms with Crippen molar-refractivity contribution in [2.24, 2.45) is 0 Å². The predicted octanol–water partition coefficient (Wildman–Crippen LogP) is 4.42. The molecule has 2 unspecified atom stereocenters. The van der Waals surface area contributed by atoms with E-state index >= 15 is 0 Å². The monoisotopic (exact) mass is 442 g/mol. The van der Waals surface area contributed by atoms with E-state index in [1.807, 2.05) is 42.2 Å². The molecule has 4 nitrogen and oxygen atoms in total. The first-order valence-corrected chi connectivity index (χ1v) is 10.6. The van der Waals surface area contributed by atoms with Crippen LogP contribution in [0.3, 0.4) is 0 Å². The maximum absolute atomic E-state index is 12.7. The minimum atomic E-state index is -0.180. The number of benzene rings is 2. The van der Waals surface area contributed by atoms with Crippen molar-refractivity contribution in [3.63, 3.8) is 0 Å². The molecule has 1 aliphatic rings. The highest BCUT2D eigenvalue weighted by Crippen LogP contribution is 2.32. The number of aryl methyl sites for hydroxylation is 1. The second kappa shape index (κ2) is 9.37. The number of amides is 2. The molecule has 0 saturated heterocycles. The van der Waals surface area contributed by atoms with Crippen LogP contribution < -0.4 is 5.32 Å². The average molecular weight is 443 g/mol. The fourth-order valence-corrected chi connectivity index (χ4v) is 4.13. The number of rotatable bonds is 6. The highest BCUT2D eigenvalue weighted by Gasteiger charge is 2.30. The Morgan fingerprint density at radius 2 is 1.89 bits per heavy atom. The smallest absolute Gasteiger partial charge is 0.222 e. The molecule has 2 aromatic rings. The minimum Gasteiger partial charge on any atom is -0.354 e. The molecular weight excluding hydrogens is 416 g/mol. The summed E-state index contributed by atoms with van der Waals surface area (Å²) in [6, 6.07) is 16.3. The van der Waals surface area contributed by atoms with Crippen LogP contribution in [-0.2, 0) is 22.4 Å². The lowest BCUT2D eigenvalue weighted by atomic mass is 9.90. The number of fused-ring (bicyclic) bond motifs is 1. The first-order valence-electron chi connectivity index (χ1n) is 9.83. The first-order chi connectivity index (χ1) is 13.4. The zero-order valence-corrected chi connectivity index (χ0v) is 18.0. The van der Waals surface area contributed by atoms with Gasteiger partial charge in [0, 0.05) is 24.0 Å². The fourth-order valence-electron chi connectivity index (χ4n) is 3.86. The molecule has 0 bridgehead atoms. The van der Waals surface area contributed by atoms with Crippen LogP contribution in [0.25, 0.3) is 0 Å². The van der Waals surface area contributed by atoms with Gasteiger partial charge >= 0.3 is 0 Å². The Hall–Kier alpha value is -2.14. The van der Waals surface area contributed by atoms with Gasteiger partial charge in [0.1, 0.15) is 0 Å². The molecule has 28 heavy (non-hydrogen) atoms. The van der Waals surface area contributed by atoms with Gasteiger partial charge < -0.3 is 10.2 Å². The van der Waals surface area contributed by atoms with Gasteiger partial charge in [-0.3, -0.25) is 9.59 Å². The molecule has 0 aromatic heterocycles. The van der Waals surface area contributed by atoms with E-state index in [1.54, 1.807) is 6.92 Å². The number of halogens is 1. The molecule has 2 amide bonds. The normalized spacial score (nSPS) is 17.0. The molecule has 0 saturated carbocycles. The van der Waals surface area contributed by atoms with Crippen molar-refractivity contribution in [1.82, 2.24) is 10.2 Å². The molecule has 0 fully saturated rings. The lowest BCUT2D eigenvalue weighted by Crippen LogP contribution is -2.42. The van der Waals surface area contributed by atoms with Gasteiger partial charge in [-0.2, -0.15) is 0 Å². The number of carbonyl (C=O) groups is 2. The Morgan fingerprint density at radius 3 is 2.61 bits per heavy atom. The van der Waals surface area contributed by atoms with Gasteiger partial charge in [0.05, 0.1) is 12.5 Å². The maximum atomic E-state index is 12.7. The lowest BCUT2D eigenvalue weighted by Gasteiger charge is -2.36. The van der Waals surface area contributed by atoms with E-state index in [-0.39, 0.29) is 23.9 Å². The topological polar surface area (TPSA) is 49.4 Å². The fraction of sp³-hybridized carbons (Fsp3) is 0.391. The molecule has 0 aliphatic carbocycles. The summed E-state index contributed by atoms with van der Waals surface area (Å²) >= 11 is 3.45. The third-order valence-corrected chi connectivity index (χ3v) is 5.91. The molecule has 0 radical (unpaired) electrons. The van der Waals surface area contributed by atoms with Crippen molar-refractivity contribution in [3.8, 4) is 0 Å². The summed E-state index contributed by atoms with van der Waals surface area (Å²) in [7, 11) is 0. The summed E-state index contributed by atoms with van der Waals surface area (Å²) in [4.78, 5) is 26.6. The summed E-state index contributed by atoms with van der Waals surface area (Å²) in [6.45, 7) is 4.29. The van der Waals surface area contributed by atoms with Crippen LogP contribution in [0.2, 0.25) is 0 Å². The molecular formula is C23H27BrN2O2. The highest BCUT2D eigenvalue weighted by molar-refractivity contribution is 9.10. The van der Waals surface area contributed by atoms with Crippen molar-refractivity contribution in [2.75, 3.05) is 6.54 Å². The second-order valence-corrected chi connectivity index (χ2v) is 8.43. The standard InChI is InChI=1S/C23H27BrN2O2/c1-16(7-8-18-9-11-20(24)12-10-18)25-23(28)15-22-21-6-4-3-5-19(21)13-14-26(22)17(2)27/h3-6,9-12,16,22H,7-8,13-15H2,1-2H3,(H,25,28). The van der Waals surface area contributed by atoms with E-state index in [2.05, 4.69) is 39.4 Å². The molecule has 1 N–H and O–H groups in total.